The fraction of sp³-hybridized carbons (Fsp3) is 0.381. The molecule has 1 amide bonds. The fourth-order valence-electron chi connectivity index (χ4n) is 3.31. The van der Waals surface area contributed by atoms with Gasteiger partial charge < -0.3 is 4.90 Å². The van der Waals surface area contributed by atoms with Crippen molar-refractivity contribution < 1.29 is 13.2 Å². The summed E-state index contributed by atoms with van der Waals surface area (Å²) in [6.07, 6.45) is 0. The van der Waals surface area contributed by atoms with Crippen LogP contribution < -0.4 is 0 Å². The van der Waals surface area contributed by atoms with E-state index in [0.29, 0.717) is 43.2 Å². The SMILES string of the molecule is Cc1ccc(S(=O)(=O)N2CCN(Cc3cccc(C(=O)N(C)C)c3)CC2)cc1. The fourth-order valence-corrected chi connectivity index (χ4v) is 4.73. The molecule has 1 heterocycles. The normalized spacial score (nSPS) is 16.1. The number of carbonyl (C=O) groups is 1. The first-order valence-electron chi connectivity index (χ1n) is 9.37. The highest BCUT2D eigenvalue weighted by Crippen LogP contribution is 2.19. The number of aryl methyl sites for hydroxylation is 1. The molecule has 0 aliphatic carbocycles. The summed E-state index contributed by atoms with van der Waals surface area (Å²) in [4.78, 5) is 16.3. The van der Waals surface area contributed by atoms with E-state index in [1.807, 2.05) is 43.3 Å². The Labute approximate surface area is 167 Å². The first kappa shape index (κ1) is 20.5. The van der Waals surface area contributed by atoms with Crippen molar-refractivity contribution in [2.24, 2.45) is 0 Å². The Bertz CT molecular complexity index is 932. The van der Waals surface area contributed by atoms with Crippen molar-refractivity contribution in [3.63, 3.8) is 0 Å². The van der Waals surface area contributed by atoms with Crippen LogP contribution in [0.1, 0.15) is 21.5 Å². The standard InChI is InChI=1S/C21H27N3O3S/c1-17-7-9-20(10-8-17)28(26,27)24-13-11-23(12-14-24)16-18-5-4-6-19(15-18)21(25)22(2)3/h4-10,15H,11-14,16H2,1-3H3. The summed E-state index contributed by atoms with van der Waals surface area (Å²) >= 11 is 0. The highest BCUT2D eigenvalue weighted by molar-refractivity contribution is 7.89. The van der Waals surface area contributed by atoms with Crippen LogP contribution >= 0.6 is 0 Å². The van der Waals surface area contributed by atoms with E-state index in [-0.39, 0.29) is 5.91 Å². The summed E-state index contributed by atoms with van der Waals surface area (Å²) in [6.45, 7) is 4.90. The molecule has 7 heteroatoms. The number of amides is 1. The summed E-state index contributed by atoms with van der Waals surface area (Å²) < 4.78 is 27.2. The van der Waals surface area contributed by atoms with E-state index in [4.69, 9.17) is 0 Å². The zero-order valence-electron chi connectivity index (χ0n) is 16.6. The third kappa shape index (κ3) is 4.60. The minimum Gasteiger partial charge on any atom is -0.345 e. The number of hydrogen-bond acceptors (Lipinski definition) is 4. The van der Waals surface area contributed by atoms with E-state index in [2.05, 4.69) is 4.90 Å². The van der Waals surface area contributed by atoms with Gasteiger partial charge in [-0.2, -0.15) is 4.31 Å². The summed E-state index contributed by atoms with van der Waals surface area (Å²) in [6, 6.07) is 14.6. The molecule has 3 rings (SSSR count). The summed E-state index contributed by atoms with van der Waals surface area (Å²) in [7, 11) is 0.0315. The van der Waals surface area contributed by atoms with Crippen molar-refractivity contribution in [2.75, 3.05) is 40.3 Å². The molecule has 0 N–H and O–H groups in total. The zero-order chi connectivity index (χ0) is 20.3. The lowest BCUT2D eigenvalue weighted by atomic mass is 10.1. The van der Waals surface area contributed by atoms with Crippen LogP contribution in [0.25, 0.3) is 0 Å². The number of hydrogen-bond donors (Lipinski definition) is 0. The topological polar surface area (TPSA) is 60.9 Å². The average Bonchev–Trinajstić information content (AvgIpc) is 2.68. The molecule has 0 bridgehead atoms. The van der Waals surface area contributed by atoms with Gasteiger partial charge in [0.25, 0.3) is 5.91 Å². The molecule has 0 radical (unpaired) electrons. The first-order chi connectivity index (χ1) is 13.3. The predicted molar refractivity (Wildman–Crippen MR) is 110 cm³/mol. The van der Waals surface area contributed by atoms with Crippen molar-refractivity contribution in [3.8, 4) is 0 Å². The van der Waals surface area contributed by atoms with Gasteiger partial charge in [-0.1, -0.05) is 29.8 Å². The van der Waals surface area contributed by atoms with Crippen LogP contribution in [0.3, 0.4) is 0 Å². The average molecular weight is 402 g/mol. The van der Waals surface area contributed by atoms with Crippen molar-refractivity contribution in [2.45, 2.75) is 18.4 Å². The molecule has 1 aliphatic heterocycles. The Morgan fingerprint density at radius 1 is 1.00 bits per heavy atom. The van der Waals surface area contributed by atoms with Gasteiger partial charge in [0.1, 0.15) is 0 Å². The van der Waals surface area contributed by atoms with Crippen LogP contribution in [0.15, 0.2) is 53.4 Å². The second-order valence-electron chi connectivity index (χ2n) is 7.39. The minimum atomic E-state index is -3.45. The maximum Gasteiger partial charge on any atom is 0.253 e. The van der Waals surface area contributed by atoms with Crippen molar-refractivity contribution >= 4 is 15.9 Å². The van der Waals surface area contributed by atoms with Crippen LogP contribution in [-0.4, -0.2) is 68.7 Å². The minimum absolute atomic E-state index is 0.0177. The molecule has 6 nitrogen and oxygen atoms in total. The van der Waals surface area contributed by atoms with Gasteiger partial charge in [0, 0.05) is 52.4 Å². The Kier molecular flexibility index (Phi) is 6.17. The van der Waals surface area contributed by atoms with Crippen LogP contribution in [0.5, 0.6) is 0 Å². The summed E-state index contributed by atoms with van der Waals surface area (Å²) in [5.74, 6) is -0.0177. The quantitative estimate of drug-likeness (QED) is 0.771. The van der Waals surface area contributed by atoms with Crippen molar-refractivity contribution in [1.29, 1.82) is 0 Å². The molecule has 0 unspecified atom stereocenters. The van der Waals surface area contributed by atoms with Crippen LogP contribution in [0, 0.1) is 6.92 Å². The van der Waals surface area contributed by atoms with E-state index in [1.54, 1.807) is 35.4 Å². The maximum absolute atomic E-state index is 12.8. The highest BCUT2D eigenvalue weighted by atomic mass is 32.2. The van der Waals surface area contributed by atoms with Gasteiger partial charge in [0.05, 0.1) is 4.90 Å². The van der Waals surface area contributed by atoms with E-state index in [9.17, 15) is 13.2 Å². The third-order valence-corrected chi connectivity index (χ3v) is 6.89. The van der Waals surface area contributed by atoms with Gasteiger partial charge in [-0.3, -0.25) is 9.69 Å². The number of sulfonamides is 1. The second-order valence-corrected chi connectivity index (χ2v) is 9.33. The van der Waals surface area contributed by atoms with E-state index in [0.717, 1.165) is 11.1 Å². The number of nitrogens with zero attached hydrogens (tertiary/aromatic N) is 3. The molecule has 2 aromatic rings. The molecule has 1 aliphatic rings. The molecule has 150 valence electrons. The van der Waals surface area contributed by atoms with Gasteiger partial charge in [-0.15, -0.1) is 0 Å². The van der Waals surface area contributed by atoms with Gasteiger partial charge in [0.15, 0.2) is 0 Å². The van der Waals surface area contributed by atoms with Crippen molar-refractivity contribution in [1.82, 2.24) is 14.1 Å². The maximum atomic E-state index is 12.8. The lowest BCUT2D eigenvalue weighted by Gasteiger charge is -2.34. The molecule has 0 spiro atoms. The van der Waals surface area contributed by atoms with Gasteiger partial charge in [-0.25, -0.2) is 8.42 Å². The molecule has 1 saturated heterocycles. The summed E-state index contributed by atoms with van der Waals surface area (Å²) in [5, 5.41) is 0. The van der Waals surface area contributed by atoms with E-state index >= 15 is 0 Å². The Morgan fingerprint density at radius 3 is 2.25 bits per heavy atom. The monoisotopic (exact) mass is 401 g/mol. The Balaban J connectivity index is 1.62. The molecular weight excluding hydrogens is 374 g/mol. The molecular formula is C21H27N3O3S. The Hall–Kier alpha value is -2.22. The number of rotatable bonds is 5. The van der Waals surface area contributed by atoms with Crippen LogP contribution in [-0.2, 0) is 16.6 Å². The molecule has 28 heavy (non-hydrogen) atoms. The van der Waals surface area contributed by atoms with E-state index in [1.165, 1.54) is 0 Å². The molecule has 0 aromatic heterocycles. The molecule has 1 fully saturated rings. The third-order valence-electron chi connectivity index (χ3n) is 4.98. The number of piperazine rings is 1. The molecule has 0 saturated carbocycles. The largest absolute Gasteiger partial charge is 0.345 e. The number of benzene rings is 2. The summed E-state index contributed by atoms with van der Waals surface area (Å²) in [5.41, 5.74) is 2.77. The predicted octanol–water partition coefficient (Wildman–Crippen LogP) is 2.20. The molecule has 0 atom stereocenters. The smallest absolute Gasteiger partial charge is 0.253 e. The number of carbonyl (C=O) groups excluding carboxylic acids is 1. The highest BCUT2D eigenvalue weighted by Gasteiger charge is 2.28. The van der Waals surface area contributed by atoms with E-state index < -0.39 is 10.0 Å². The lowest BCUT2D eigenvalue weighted by Crippen LogP contribution is -2.48. The first-order valence-corrected chi connectivity index (χ1v) is 10.8. The zero-order valence-corrected chi connectivity index (χ0v) is 17.4. The van der Waals surface area contributed by atoms with Gasteiger partial charge >= 0.3 is 0 Å². The Morgan fingerprint density at radius 2 is 1.64 bits per heavy atom. The van der Waals surface area contributed by atoms with Crippen molar-refractivity contribution in [3.05, 3.63) is 65.2 Å². The second kappa shape index (κ2) is 8.43. The van der Waals surface area contributed by atoms with Gasteiger partial charge in [-0.05, 0) is 36.8 Å². The van der Waals surface area contributed by atoms with Crippen LogP contribution in [0.2, 0.25) is 0 Å². The molecule has 2 aromatic carbocycles. The van der Waals surface area contributed by atoms with Gasteiger partial charge in [0.2, 0.25) is 10.0 Å². The van der Waals surface area contributed by atoms with Crippen LogP contribution in [0.4, 0.5) is 0 Å². The lowest BCUT2D eigenvalue weighted by molar-refractivity contribution is 0.0827.